The van der Waals surface area contributed by atoms with Crippen molar-refractivity contribution in [2.24, 2.45) is 5.92 Å². The molecule has 0 fully saturated rings. The second kappa shape index (κ2) is 7.16. The largest absolute Gasteiger partial charge is 0.350 e. The van der Waals surface area contributed by atoms with Gasteiger partial charge in [0.15, 0.2) is 0 Å². The molecule has 2 aromatic rings. The first kappa shape index (κ1) is 15.4. The molecule has 1 aromatic heterocycles. The SMILES string of the molecule is CC(C)CNCc1ccn(Cc2ccc(Cl)c(Cl)c2)c1. The molecule has 0 saturated heterocycles. The lowest BCUT2D eigenvalue weighted by molar-refractivity contribution is 0.552. The fourth-order valence-electron chi connectivity index (χ4n) is 2.05. The Labute approximate surface area is 130 Å². The van der Waals surface area contributed by atoms with Gasteiger partial charge >= 0.3 is 0 Å². The molecule has 0 aliphatic heterocycles. The van der Waals surface area contributed by atoms with Gasteiger partial charge in [0.05, 0.1) is 10.0 Å². The summed E-state index contributed by atoms with van der Waals surface area (Å²) < 4.78 is 2.16. The zero-order chi connectivity index (χ0) is 14.5. The third-order valence-corrected chi connectivity index (χ3v) is 3.78. The van der Waals surface area contributed by atoms with Gasteiger partial charge in [0, 0.05) is 25.5 Å². The van der Waals surface area contributed by atoms with E-state index in [1.807, 2.05) is 18.2 Å². The highest BCUT2D eigenvalue weighted by atomic mass is 35.5. The zero-order valence-electron chi connectivity index (χ0n) is 11.9. The fourth-order valence-corrected chi connectivity index (χ4v) is 2.37. The van der Waals surface area contributed by atoms with Crippen LogP contribution in [0.5, 0.6) is 0 Å². The predicted octanol–water partition coefficient (Wildman–Crippen LogP) is 4.59. The van der Waals surface area contributed by atoms with Crippen molar-refractivity contribution in [1.82, 2.24) is 9.88 Å². The van der Waals surface area contributed by atoms with E-state index in [0.717, 1.165) is 25.2 Å². The summed E-state index contributed by atoms with van der Waals surface area (Å²) in [6.45, 7) is 7.18. The third kappa shape index (κ3) is 4.55. The van der Waals surface area contributed by atoms with Crippen molar-refractivity contribution in [3.05, 3.63) is 57.8 Å². The molecule has 0 amide bonds. The number of benzene rings is 1. The van der Waals surface area contributed by atoms with Crippen LogP contribution in [0, 0.1) is 5.92 Å². The number of hydrogen-bond donors (Lipinski definition) is 1. The van der Waals surface area contributed by atoms with Gasteiger partial charge in [-0.1, -0.05) is 43.1 Å². The maximum absolute atomic E-state index is 6.03. The van der Waals surface area contributed by atoms with Gasteiger partial charge in [0.2, 0.25) is 0 Å². The zero-order valence-corrected chi connectivity index (χ0v) is 13.4. The van der Waals surface area contributed by atoms with Crippen molar-refractivity contribution in [2.45, 2.75) is 26.9 Å². The van der Waals surface area contributed by atoms with E-state index >= 15 is 0 Å². The van der Waals surface area contributed by atoms with E-state index < -0.39 is 0 Å². The molecule has 2 rings (SSSR count). The first-order chi connectivity index (χ1) is 9.54. The lowest BCUT2D eigenvalue weighted by Gasteiger charge is -2.06. The third-order valence-electron chi connectivity index (χ3n) is 3.04. The number of rotatable bonds is 6. The molecule has 108 valence electrons. The lowest BCUT2D eigenvalue weighted by atomic mass is 10.2. The molecule has 0 radical (unpaired) electrons. The van der Waals surface area contributed by atoms with E-state index in [4.69, 9.17) is 23.2 Å². The predicted molar refractivity (Wildman–Crippen MR) is 86.5 cm³/mol. The van der Waals surface area contributed by atoms with Crippen LogP contribution in [0.1, 0.15) is 25.0 Å². The van der Waals surface area contributed by atoms with Crippen LogP contribution in [0.3, 0.4) is 0 Å². The van der Waals surface area contributed by atoms with Gasteiger partial charge in [-0.05, 0) is 41.8 Å². The monoisotopic (exact) mass is 310 g/mol. The van der Waals surface area contributed by atoms with E-state index in [1.165, 1.54) is 5.56 Å². The van der Waals surface area contributed by atoms with Crippen LogP contribution in [-0.2, 0) is 13.1 Å². The second-order valence-electron chi connectivity index (χ2n) is 5.47. The van der Waals surface area contributed by atoms with Crippen molar-refractivity contribution in [2.75, 3.05) is 6.54 Å². The highest BCUT2D eigenvalue weighted by Crippen LogP contribution is 2.23. The summed E-state index contributed by atoms with van der Waals surface area (Å²) in [5.41, 5.74) is 2.45. The Kier molecular flexibility index (Phi) is 5.53. The van der Waals surface area contributed by atoms with Crippen LogP contribution in [0.25, 0.3) is 0 Å². The Morgan fingerprint density at radius 2 is 1.90 bits per heavy atom. The minimum Gasteiger partial charge on any atom is -0.350 e. The molecule has 1 aromatic carbocycles. The number of nitrogens with zero attached hydrogens (tertiary/aromatic N) is 1. The lowest BCUT2D eigenvalue weighted by Crippen LogP contribution is -2.18. The summed E-state index contributed by atoms with van der Waals surface area (Å²) >= 11 is 12.0. The summed E-state index contributed by atoms with van der Waals surface area (Å²) in [6, 6.07) is 7.91. The summed E-state index contributed by atoms with van der Waals surface area (Å²) in [7, 11) is 0. The molecule has 20 heavy (non-hydrogen) atoms. The highest BCUT2D eigenvalue weighted by molar-refractivity contribution is 6.42. The van der Waals surface area contributed by atoms with Gasteiger partial charge < -0.3 is 9.88 Å². The van der Waals surface area contributed by atoms with Crippen LogP contribution in [-0.4, -0.2) is 11.1 Å². The molecular formula is C16H20Cl2N2. The minimum atomic E-state index is 0.599. The maximum atomic E-state index is 6.03. The van der Waals surface area contributed by atoms with Crippen molar-refractivity contribution >= 4 is 23.2 Å². The smallest absolute Gasteiger partial charge is 0.0595 e. The Hall–Kier alpha value is -0.960. The average Bonchev–Trinajstić information content (AvgIpc) is 2.81. The molecule has 1 heterocycles. The first-order valence-corrected chi connectivity index (χ1v) is 7.59. The van der Waals surface area contributed by atoms with Gasteiger partial charge in [-0.15, -0.1) is 0 Å². The molecule has 0 aliphatic carbocycles. The molecule has 0 aliphatic rings. The maximum Gasteiger partial charge on any atom is 0.0595 e. The normalized spacial score (nSPS) is 11.2. The Morgan fingerprint density at radius 1 is 1.10 bits per heavy atom. The second-order valence-corrected chi connectivity index (χ2v) is 6.28. The van der Waals surface area contributed by atoms with Gasteiger partial charge in [-0.25, -0.2) is 0 Å². The van der Waals surface area contributed by atoms with Crippen molar-refractivity contribution < 1.29 is 0 Å². The first-order valence-electron chi connectivity index (χ1n) is 6.84. The van der Waals surface area contributed by atoms with Crippen LogP contribution in [0.15, 0.2) is 36.7 Å². The summed E-state index contributed by atoms with van der Waals surface area (Å²) in [4.78, 5) is 0. The number of nitrogens with one attached hydrogen (secondary N) is 1. The topological polar surface area (TPSA) is 17.0 Å². The average molecular weight is 311 g/mol. The van der Waals surface area contributed by atoms with Gasteiger partial charge in [-0.2, -0.15) is 0 Å². The van der Waals surface area contributed by atoms with E-state index in [9.17, 15) is 0 Å². The van der Waals surface area contributed by atoms with Gasteiger partial charge in [-0.3, -0.25) is 0 Å². The summed E-state index contributed by atoms with van der Waals surface area (Å²) in [5, 5.41) is 4.65. The molecule has 1 N–H and O–H groups in total. The van der Waals surface area contributed by atoms with E-state index in [2.05, 4.69) is 42.2 Å². The molecule has 0 bridgehead atoms. The van der Waals surface area contributed by atoms with Crippen molar-refractivity contribution in [1.29, 1.82) is 0 Å². The van der Waals surface area contributed by atoms with Crippen LogP contribution in [0.4, 0.5) is 0 Å². The molecule has 2 nitrogen and oxygen atoms in total. The van der Waals surface area contributed by atoms with Crippen LogP contribution in [0.2, 0.25) is 10.0 Å². The molecule has 0 atom stereocenters. The number of hydrogen-bond acceptors (Lipinski definition) is 1. The van der Waals surface area contributed by atoms with E-state index in [0.29, 0.717) is 16.0 Å². The number of halogens is 2. The molecule has 0 saturated carbocycles. The fraction of sp³-hybridized carbons (Fsp3) is 0.375. The van der Waals surface area contributed by atoms with Crippen LogP contribution >= 0.6 is 23.2 Å². The Bertz CT molecular complexity index is 561. The van der Waals surface area contributed by atoms with Crippen LogP contribution < -0.4 is 5.32 Å². The Balaban J connectivity index is 1.93. The summed E-state index contributed by atoms with van der Waals surface area (Å²) in [6.07, 6.45) is 4.25. The summed E-state index contributed by atoms with van der Waals surface area (Å²) in [5.74, 6) is 0.674. The van der Waals surface area contributed by atoms with Gasteiger partial charge in [0.1, 0.15) is 0 Å². The highest BCUT2D eigenvalue weighted by Gasteiger charge is 2.02. The number of aromatic nitrogens is 1. The molecule has 0 unspecified atom stereocenters. The van der Waals surface area contributed by atoms with Crippen molar-refractivity contribution in [3.63, 3.8) is 0 Å². The quantitative estimate of drug-likeness (QED) is 0.825. The Morgan fingerprint density at radius 3 is 2.60 bits per heavy atom. The van der Waals surface area contributed by atoms with Gasteiger partial charge in [0.25, 0.3) is 0 Å². The standard InChI is InChI=1S/C16H20Cl2N2/c1-12(2)8-19-9-14-5-6-20(11-14)10-13-3-4-15(17)16(18)7-13/h3-7,11-12,19H,8-10H2,1-2H3. The molecule has 4 heteroatoms. The van der Waals surface area contributed by atoms with Crippen molar-refractivity contribution in [3.8, 4) is 0 Å². The van der Waals surface area contributed by atoms with E-state index in [1.54, 1.807) is 0 Å². The minimum absolute atomic E-state index is 0.599. The molecular weight excluding hydrogens is 291 g/mol. The molecule has 0 spiro atoms. The van der Waals surface area contributed by atoms with E-state index in [-0.39, 0.29) is 0 Å².